The summed E-state index contributed by atoms with van der Waals surface area (Å²) in [4.78, 5) is 58.2. The van der Waals surface area contributed by atoms with Crippen LogP contribution in [0.5, 0.6) is 0 Å². The maximum atomic E-state index is 13.7. The molecular formula is C30H34N6O5S. The minimum absolute atomic E-state index is 0.0179. The molecule has 11 nitrogen and oxygen atoms in total. The Balaban J connectivity index is 1.35. The van der Waals surface area contributed by atoms with Crippen LogP contribution in [0.25, 0.3) is 21.8 Å². The van der Waals surface area contributed by atoms with Crippen molar-refractivity contribution in [3.8, 4) is 0 Å². The lowest BCUT2D eigenvalue weighted by molar-refractivity contribution is -0.142. The van der Waals surface area contributed by atoms with Crippen molar-refractivity contribution in [1.29, 1.82) is 0 Å². The van der Waals surface area contributed by atoms with Crippen LogP contribution in [0.4, 0.5) is 0 Å². The van der Waals surface area contributed by atoms with E-state index in [0.717, 1.165) is 45.9 Å². The Bertz CT molecular complexity index is 1590. The van der Waals surface area contributed by atoms with E-state index >= 15 is 0 Å². The van der Waals surface area contributed by atoms with Gasteiger partial charge in [-0.3, -0.25) is 14.4 Å². The summed E-state index contributed by atoms with van der Waals surface area (Å²) in [6.07, 6.45) is 5.18. The van der Waals surface area contributed by atoms with E-state index in [4.69, 9.17) is 0 Å². The Hall–Kier alpha value is -4.29. The minimum atomic E-state index is -1.24. The molecule has 42 heavy (non-hydrogen) atoms. The fourth-order valence-electron chi connectivity index (χ4n) is 5.37. The maximum absolute atomic E-state index is 13.7. The molecule has 4 unspecified atom stereocenters. The van der Waals surface area contributed by atoms with Crippen LogP contribution in [-0.2, 0) is 32.0 Å². The van der Waals surface area contributed by atoms with Gasteiger partial charge >= 0.3 is 5.97 Å². The number of aromatic nitrogens is 2. The average Bonchev–Trinajstić information content (AvgIpc) is 3.76. The number of aliphatic carboxylic acids is 1. The number of thiol groups is 1. The number of carbonyl (C=O) groups excluding carboxylic acids is 3. The highest BCUT2D eigenvalue weighted by atomic mass is 32.1. The van der Waals surface area contributed by atoms with E-state index in [1.807, 2.05) is 48.5 Å². The van der Waals surface area contributed by atoms with Gasteiger partial charge < -0.3 is 36.3 Å². The molecule has 0 saturated carbocycles. The number of carboxylic acids is 1. The number of carboxylic acid groups (broad SMARTS) is 1. The summed E-state index contributed by atoms with van der Waals surface area (Å²) in [6, 6.07) is 11.3. The number of benzene rings is 2. The van der Waals surface area contributed by atoms with Crippen molar-refractivity contribution in [3.63, 3.8) is 0 Å². The fourth-order valence-corrected chi connectivity index (χ4v) is 5.63. The number of fused-ring (bicyclic) bond motifs is 2. The van der Waals surface area contributed by atoms with Crippen molar-refractivity contribution in [2.75, 3.05) is 12.3 Å². The third kappa shape index (κ3) is 6.60. The normalized spacial score (nSPS) is 17.0. The zero-order valence-electron chi connectivity index (χ0n) is 22.9. The van der Waals surface area contributed by atoms with Gasteiger partial charge in [0.25, 0.3) is 0 Å². The van der Waals surface area contributed by atoms with Crippen molar-refractivity contribution in [2.24, 2.45) is 0 Å². The average molecular weight is 591 g/mol. The van der Waals surface area contributed by atoms with Gasteiger partial charge in [0.05, 0.1) is 6.04 Å². The van der Waals surface area contributed by atoms with E-state index in [2.05, 4.69) is 43.9 Å². The van der Waals surface area contributed by atoms with Crippen molar-refractivity contribution < 1.29 is 24.3 Å². The standard InChI is InChI=1S/C30H34N6O5S/c37-27(23-10-5-11-31-23)36-26(16-42)29(39)34-24(12-17-14-32-21-8-3-1-6-19(17)21)28(38)35-25(30(40)41)13-18-15-33-22-9-4-2-7-20(18)22/h1-4,6-9,14-15,23-26,31-33,42H,5,10-13,16H2,(H,34,39)(H,35,38)(H,36,37)(H,40,41). The molecular weight excluding hydrogens is 556 g/mol. The molecule has 0 radical (unpaired) electrons. The van der Waals surface area contributed by atoms with E-state index in [1.165, 1.54) is 0 Å². The van der Waals surface area contributed by atoms with Crippen molar-refractivity contribution in [1.82, 2.24) is 31.2 Å². The van der Waals surface area contributed by atoms with Gasteiger partial charge in [-0.25, -0.2) is 4.79 Å². The van der Waals surface area contributed by atoms with Gasteiger partial charge in [-0.15, -0.1) is 0 Å². The van der Waals surface area contributed by atoms with Crippen molar-refractivity contribution in [2.45, 2.75) is 49.9 Å². The summed E-state index contributed by atoms with van der Waals surface area (Å²) in [7, 11) is 0. The number of nitrogens with one attached hydrogen (secondary N) is 6. The summed E-state index contributed by atoms with van der Waals surface area (Å²) in [5.74, 6) is -2.72. The molecule has 7 N–H and O–H groups in total. The number of carbonyl (C=O) groups is 4. The number of para-hydroxylation sites is 2. The molecule has 220 valence electrons. The Labute approximate surface area is 247 Å². The number of hydrogen-bond donors (Lipinski definition) is 8. The molecule has 12 heteroatoms. The first-order valence-electron chi connectivity index (χ1n) is 13.9. The SMILES string of the molecule is O=C(O)C(Cc1c[nH]c2ccccc12)NC(=O)C(Cc1c[nH]c2ccccc12)NC(=O)C(CS)NC(=O)C1CCCN1. The number of rotatable bonds is 12. The first-order chi connectivity index (χ1) is 20.3. The van der Waals surface area contributed by atoms with E-state index in [-0.39, 0.29) is 30.5 Å². The Morgan fingerprint density at radius 2 is 1.36 bits per heavy atom. The maximum Gasteiger partial charge on any atom is 0.326 e. The Morgan fingerprint density at radius 1 is 0.810 bits per heavy atom. The molecule has 1 aliphatic rings. The van der Waals surface area contributed by atoms with Crippen LogP contribution in [0.2, 0.25) is 0 Å². The van der Waals surface area contributed by atoms with Gasteiger partial charge in [-0.1, -0.05) is 36.4 Å². The fraction of sp³-hybridized carbons (Fsp3) is 0.333. The predicted molar refractivity (Wildman–Crippen MR) is 162 cm³/mol. The molecule has 2 aromatic heterocycles. The van der Waals surface area contributed by atoms with Crippen LogP contribution in [0.1, 0.15) is 24.0 Å². The molecule has 2 aromatic carbocycles. The second-order valence-corrected chi connectivity index (χ2v) is 10.8. The molecule has 0 bridgehead atoms. The highest BCUT2D eigenvalue weighted by Gasteiger charge is 2.32. The minimum Gasteiger partial charge on any atom is -0.480 e. The highest BCUT2D eigenvalue weighted by Crippen LogP contribution is 2.21. The first-order valence-corrected chi connectivity index (χ1v) is 14.6. The summed E-state index contributed by atoms with van der Waals surface area (Å²) in [6.45, 7) is 0.728. The van der Waals surface area contributed by atoms with Gasteiger partial charge in [-0.2, -0.15) is 12.6 Å². The van der Waals surface area contributed by atoms with E-state index < -0.39 is 35.9 Å². The quantitative estimate of drug-likeness (QED) is 0.117. The van der Waals surface area contributed by atoms with Gasteiger partial charge in [-0.05, 0) is 42.6 Å². The zero-order chi connectivity index (χ0) is 29.6. The molecule has 3 heterocycles. The molecule has 1 fully saturated rings. The van der Waals surface area contributed by atoms with E-state index in [0.29, 0.717) is 6.42 Å². The second-order valence-electron chi connectivity index (χ2n) is 10.5. The molecule has 0 aliphatic carbocycles. The molecule has 0 spiro atoms. The largest absolute Gasteiger partial charge is 0.480 e. The smallest absolute Gasteiger partial charge is 0.326 e. The van der Waals surface area contributed by atoms with Crippen molar-refractivity contribution in [3.05, 3.63) is 72.1 Å². The highest BCUT2D eigenvalue weighted by molar-refractivity contribution is 7.80. The van der Waals surface area contributed by atoms with Crippen LogP contribution in [0, 0.1) is 0 Å². The number of amides is 3. The lowest BCUT2D eigenvalue weighted by Crippen LogP contribution is -2.58. The molecule has 5 rings (SSSR count). The molecule has 3 amide bonds. The zero-order valence-corrected chi connectivity index (χ0v) is 23.7. The first kappa shape index (κ1) is 29.2. The Morgan fingerprint density at radius 3 is 1.90 bits per heavy atom. The van der Waals surface area contributed by atoms with E-state index in [9.17, 15) is 24.3 Å². The molecule has 1 aliphatic heterocycles. The molecule has 4 atom stereocenters. The monoisotopic (exact) mass is 590 g/mol. The van der Waals surface area contributed by atoms with Gasteiger partial charge in [0, 0.05) is 52.8 Å². The summed E-state index contributed by atoms with van der Waals surface area (Å²) in [5.41, 5.74) is 3.25. The summed E-state index contributed by atoms with van der Waals surface area (Å²) < 4.78 is 0. The van der Waals surface area contributed by atoms with Gasteiger partial charge in [0.1, 0.15) is 18.1 Å². The number of hydrogen-bond acceptors (Lipinski definition) is 6. The summed E-state index contributed by atoms with van der Waals surface area (Å²) in [5, 5.41) is 23.0. The second kappa shape index (κ2) is 13.1. The van der Waals surface area contributed by atoms with Crippen LogP contribution in [0.3, 0.4) is 0 Å². The van der Waals surface area contributed by atoms with Crippen LogP contribution in [0.15, 0.2) is 60.9 Å². The predicted octanol–water partition coefficient (Wildman–Crippen LogP) is 1.66. The van der Waals surface area contributed by atoms with Crippen LogP contribution < -0.4 is 21.3 Å². The number of aromatic amines is 2. The molecule has 4 aromatic rings. The lowest BCUT2D eigenvalue weighted by atomic mass is 10.0. The Kier molecular flexibility index (Phi) is 9.13. The van der Waals surface area contributed by atoms with E-state index in [1.54, 1.807) is 12.4 Å². The van der Waals surface area contributed by atoms with Crippen molar-refractivity contribution >= 4 is 58.1 Å². The summed E-state index contributed by atoms with van der Waals surface area (Å²) >= 11 is 4.26. The third-order valence-electron chi connectivity index (χ3n) is 7.64. The molecule has 1 saturated heterocycles. The topological polar surface area (TPSA) is 168 Å². The number of H-pyrrole nitrogens is 2. The van der Waals surface area contributed by atoms with Crippen LogP contribution >= 0.6 is 12.6 Å². The lowest BCUT2D eigenvalue weighted by Gasteiger charge is -2.24. The van der Waals surface area contributed by atoms with Crippen LogP contribution in [-0.4, -0.2) is 75.2 Å². The van der Waals surface area contributed by atoms with Gasteiger partial charge in [0.15, 0.2) is 0 Å². The van der Waals surface area contributed by atoms with Gasteiger partial charge in [0.2, 0.25) is 17.7 Å². The third-order valence-corrected chi connectivity index (χ3v) is 8.00.